The molecular formula is C18H19ClN3OS+. The summed E-state index contributed by atoms with van der Waals surface area (Å²) in [6.07, 6.45) is 3.84. The van der Waals surface area contributed by atoms with Gasteiger partial charge < -0.3 is 9.88 Å². The minimum atomic E-state index is -0.0671. The van der Waals surface area contributed by atoms with Crippen molar-refractivity contribution in [3.05, 3.63) is 50.8 Å². The molecule has 2 N–H and O–H groups in total. The molecule has 2 aromatic heterocycles. The fourth-order valence-electron chi connectivity index (χ4n) is 3.42. The Bertz CT molecular complexity index is 927. The van der Waals surface area contributed by atoms with E-state index in [1.807, 2.05) is 29.6 Å². The second-order valence-corrected chi connectivity index (χ2v) is 7.57. The van der Waals surface area contributed by atoms with E-state index in [1.54, 1.807) is 0 Å². The Hall–Kier alpha value is -1.69. The minimum absolute atomic E-state index is 0.0671. The predicted molar refractivity (Wildman–Crippen MR) is 98.9 cm³/mol. The van der Waals surface area contributed by atoms with Crippen molar-refractivity contribution < 1.29 is 4.90 Å². The maximum atomic E-state index is 12.7. The highest BCUT2D eigenvalue weighted by molar-refractivity contribution is 7.17. The van der Waals surface area contributed by atoms with Gasteiger partial charge >= 0.3 is 0 Å². The molecule has 1 saturated heterocycles. The van der Waals surface area contributed by atoms with Crippen molar-refractivity contribution in [1.82, 2.24) is 9.97 Å². The number of aromatic amines is 1. The first-order valence-corrected chi connectivity index (χ1v) is 9.57. The van der Waals surface area contributed by atoms with E-state index in [0.717, 1.165) is 41.4 Å². The molecule has 3 aromatic rings. The van der Waals surface area contributed by atoms with Crippen molar-refractivity contribution in [1.29, 1.82) is 0 Å². The summed E-state index contributed by atoms with van der Waals surface area (Å²) in [5, 5.41) is 3.27. The quantitative estimate of drug-likeness (QED) is 0.754. The van der Waals surface area contributed by atoms with Gasteiger partial charge in [-0.3, -0.25) is 4.79 Å². The van der Waals surface area contributed by atoms with Gasteiger partial charge in [0.25, 0.3) is 5.56 Å². The lowest BCUT2D eigenvalue weighted by Crippen LogP contribution is -3.11. The van der Waals surface area contributed by atoms with Crippen molar-refractivity contribution in [2.24, 2.45) is 0 Å². The number of fused-ring (bicyclic) bond motifs is 1. The van der Waals surface area contributed by atoms with E-state index in [9.17, 15) is 4.79 Å². The average molecular weight is 361 g/mol. The summed E-state index contributed by atoms with van der Waals surface area (Å²) in [7, 11) is 0. The van der Waals surface area contributed by atoms with Crippen molar-refractivity contribution >= 4 is 33.2 Å². The van der Waals surface area contributed by atoms with Crippen molar-refractivity contribution in [2.75, 3.05) is 13.1 Å². The van der Waals surface area contributed by atoms with Crippen LogP contribution in [0.3, 0.4) is 0 Å². The van der Waals surface area contributed by atoms with Crippen LogP contribution in [-0.2, 0) is 6.54 Å². The molecular weight excluding hydrogens is 342 g/mol. The molecule has 0 radical (unpaired) electrons. The van der Waals surface area contributed by atoms with E-state index < -0.39 is 0 Å². The van der Waals surface area contributed by atoms with Gasteiger partial charge in [-0.05, 0) is 25.3 Å². The number of aromatic nitrogens is 2. The summed E-state index contributed by atoms with van der Waals surface area (Å²) in [6.45, 7) is 3.12. The number of H-pyrrole nitrogens is 1. The Morgan fingerprint density at radius 1 is 1.17 bits per heavy atom. The Morgan fingerprint density at radius 3 is 2.75 bits per heavy atom. The van der Waals surface area contributed by atoms with Gasteiger partial charge in [-0.15, -0.1) is 11.3 Å². The van der Waals surface area contributed by atoms with Crippen LogP contribution in [0.15, 0.2) is 34.4 Å². The molecule has 3 heterocycles. The zero-order chi connectivity index (χ0) is 16.5. The van der Waals surface area contributed by atoms with Crippen LogP contribution < -0.4 is 10.5 Å². The number of nitrogens with one attached hydrogen (secondary N) is 2. The van der Waals surface area contributed by atoms with Gasteiger partial charge in [0, 0.05) is 21.5 Å². The first kappa shape index (κ1) is 15.8. The van der Waals surface area contributed by atoms with Crippen molar-refractivity contribution in [3.63, 3.8) is 0 Å². The van der Waals surface area contributed by atoms with Gasteiger partial charge in [0.2, 0.25) is 0 Å². The predicted octanol–water partition coefficient (Wildman–Crippen LogP) is 2.87. The lowest BCUT2D eigenvalue weighted by molar-refractivity contribution is -0.919. The summed E-state index contributed by atoms with van der Waals surface area (Å²) in [5.74, 6) is 0.789. The van der Waals surface area contributed by atoms with Crippen LogP contribution >= 0.6 is 22.9 Å². The zero-order valence-corrected chi connectivity index (χ0v) is 14.8. The number of piperidine rings is 1. The first-order valence-electron chi connectivity index (χ1n) is 8.31. The highest BCUT2D eigenvalue weighted by Crippen LogP contribution is 2.34. The van der Waals surface area contributed by atoms with Gasteiger partial charge in [-0.1, -0.05) is 29.8 Å². The standard InChI is InChI=1S/C18H18ClN3OS/c19-14-7-3-2-6-12(14)13-11-24-18-16(13)17(23)20-15(21-18)10-22-8-4-1-5-9-22/h2-3,6-7,11H,1,4-5,8-10H2,(H,20,21,23)/p+1. The van der Waals surface area contributed by atoms with Crippen molar-refractivity contribution in [2.45, 2.75) is 25.8 Å². The van der Waals surface area contributed by atoms with E-state index >= 15 is 0 Å². The number of thiophene rings is 1. The molecule has 0 bridgehead atoms. The highest BCUT2D eigenvalue weighted by Gasteiger charge is 2.18. The number of rotatable bonds is 3. The molecule has 4 rings (SSSR count). The summed E-state index contributed by atoms with van der Waals surface area (Å²) in [6, 6.07) is 7.61. The Balaban J connectivity index is 1.73. The number of nitrogens with zero attached hydrogens (tertiary/aromatic N) is 1. The first-order chi connectivity index (χ1) is 11.7. The molecule has 4 nitrogen and oxygen atoms in total. The fraction of sp³-hybridized carbons (Fsp3) is 0.333. The molecule has 1 aliphatic heterocycles. The SMILES string of the molecule is O=c1[nH]c(C[NH+]2CCCCC2)nc2scc(-c3ccccc3Cl)c12. The van der Waals surface area contributed by atoms with Crippen LogP contribution in [0.5, 0.6) is 0 Å². The smallest absolute Gasteiger partial charge is 0.260 e. The van der Waals surface area contributed by atoms with Gasteiger partial charge in [0.1, 0.15) is 11.4 Å². The molecule has 1 aromatic carbocycles. The second kappa shape index (κ2) is 6.67. The van der Waals surface area contributed by atoms with Crippen LogP contribution in [-0.4, -0.2) is 23.1 Å². The topological polar surface area (TPSA) is 50.2 Å². The zero-order valence-electron chi connectivity index (χ0n) is 13.3. The molecule has 0 saturated carbocycles. The molecule has 124 valence electrons. The maximum Gasteiger partial charge on any atom is 0.260 e. The number of quaternary nitrogens is 1. The third-order valence-electron chi connectivity index (χ3n) is 4.64. The third-order valence-corrected chi connectivity index (χ3v) is 5.84. The van der Waals surface area contributed by atoms with Crippen LogP contribution in [0.1, 0.15) is 25.1 Å². The highest BCUT2D eigenvalue weighted by atomic mass is 35.5. The van der Waals surface area contributed by atoms with Gasteiger partial charge in [-0.25, -0.2) is 4.98 Å². The van der Waals surface area contributed by atoms with Gasteiger partial charge in [0.05, 0.1) is 18.5 Å². The van der Waals surface area contributed by atoms with E-state index in [0.29, 0.717) is 10.4 Å². The monoisotopic (exact) mass is 360 g/mol. The van der Waals surface area contributed by atoms with Crippen LogP contribution in [0, 0.1) is 0 Å². The molecule has 0 aliphatic carbocycles. The number of hydrogen-bond donors (Lipinski definition) is 2. The number of benzene rings is 1. The van der Waals surface area contributed by atoms with E-state index in [1.165, 1.54) is 35.5 Å². The van der Waals surface area contributed by atoms with Crippen LogP contribution in [0.4, 0.5) is 0 Å². The van der Waals surface area contributed by atoms with Crippen molar-refractivity contribution in [3.8, 4) is 11.1 Å². The average Bonchev–Trinajstić information content (AvgIpc) is 3.00. The molecule has 0 atom stereocenters. The fourth-order valence-corrected chi connectivity index (χ4v) is 4.62. The summed E-state index contributed by atoms with van der Waals surface area (Å²) in [4.78, 5) is 22.7. The third kappa shape index (κ3) is 2.99. The Labute approximate surface area is 149 Å². The Morgan fingerprint density at radius 2 is 1.96 bits per heavy atom. The molecule has 1 aliphatic rings. The van der Waals surface area contributed by atoms with E-state index in [2.05, 4.69) is 4.98 Å². The molecule has 0 spiro atoms. The van der Waals surface area contributed by atoms with Gasteiger partial charge in [-0.2, -0.15) is 0 Å². The second-order valence-electron chi connectivity index (χ2n) is 6.31. The Kier molecular flexibility index (Phi) is 4.39. The minimum Gasteiger partial charge on any atom is -0.329 e. The number of halogens is 1. The number of likely N-dealkylation sites (tertiary alicyclic amines) is 1. The molecule has 24 heavy (non-hydrogen) atoms. The maximum absolute atomic E-state index is 12.7. The lowest BCUT2D eigenvalue weighted by Gasteiger charge is -2.22. The van der Waals surface area contributed by atoms with Crippen LogP contribution in [0.2, 0.25) is 5.02 Å². The normalized spacial score (nSPS) is 15.9. The van der Waals surface area contributed by atoms with Crippen LogP contribution in [0.25, 0.3) is 21.3 Å². The summed E-state index contributed by atoms with van der Waals surface area (Å²) >= 11 is 7.81. The lowest BCUT2D eigenvalue weighted by atomic mass is 10.1. The van der Waals surface area contributed by atoms with E-state index in [-0.39, 0.29) is 5.56 Å². The summed E-state index contributed by atoms with van der Waals surface area (Å²) in [5.41, 5.74) is 1.68. The largest absolute Gasteiger partial charge is 0.329 e. The molecule has 6 heteroatoms. The number of hydrogen-bond acceptors (Lipinski definition) is 3. The summed E-state index contributed by atoms with van der Waals surface area (Å²) < 4.78 is 0. The van der Waals surface area contributed by atoms with Gasteiger partial charge in [0.15, 0.2) is 5.82 Å². The molecule has 1 fully saturated rings. The molecule has 0 amide bonds. The van der Waals surface area contributed by atoms with E-state index in [4.69, 9.17) is 16.6 Å². The molecule has 0 unspecified atom stereocenters.